The van der Waals surface area contributed by atoms with Gasteiger partial charge in [0.15, 0.2) is 0 Å². The van der Waals surface area contributed by atoms with E-state index in [0.29, 0.717) is 11.7 Å². The van der Waals surface area contributed by atoms with Crippen molar-refractivity contribution < 1.29 is 4.79 Å². The van der Waals surface area contributed by atoms with Gasteiger partial charge in [-0.05, 0) is 25.8 Å². The standard InChI is InChI=1S/C11H17N5O/c17-11(16-6-1-4-12-5-7-16)10-13-9(14-15-10)8-2-3-8/h8,12H,1-7H2,(H,13,14,15). The minimum atomic E-state index is -0.0446. The Morgan fingerprint density at radius 2 is 2.18 bits per heavy atom. The fourth-order valence-electron chi connectivity index (χ4n) is 2.10. The third kappa shape index (κ3) is 2.31. The van der Waals surface area contributed by atoms with Gasteiger partial charge in [0.2, 0.25) is 5.82 Å². The summed E-state index contributed by atoms with van der Waals surface area (Å²) in [5.41, 5.74) is 0. The lowest BCUT2D eigenvalue weighted by Gasteiger charge is -2.17. The van der Waals surface area contributed by atoms with E-state index in [1.165, 1.54) is 0 Å². The Hall–Kier alpha value is -1.43. The van der Waals surface area contributed by atoms with Crippen molar-refractivity contribution in [1.82, 2.24) is 25.4 Å². The minimum absolute atomic E-state index is 0.0446. The molecule has 1 saturated heterocycles. The Balaban J connectivity index is 1.70. The van der Waals surface area contributed by atoms with Crippen LogP contribution < -0.4 is 5.32 Å². The maximum atomic E-state index is 12.2. The van der Waals surface area contributed by atoms with Crippen LogP contribution in [0.5, 0.6) is 0 Å². The van der Waals surface area contributed by atoms with E-state index >= 15 is 0 Å². The van der Waals surface area contributed by atoms with Crippen LogP contribution in [0, 0.1) is 0 Å². The molecule has 0 atom stereocenters. The molecule has 2 fully saturated rings. The number of amides is 1. The SMILES string of the molecule is O=C(c1n[nH]c(C2CC2)n1)N1CCCNCC1. The van der Waals surface area contributed by atoms with Gasteiger partial charge < -0.3 is 10.2 Å². The van der Waals surface area contributed by atoms with E-state index < -0.39 is 0 Å². The second kappa shape index (κ2) is 4.44. The van der Waals surface area contributed by atoms with Crippen LogP contribution in [0.1, 0.15) is 41.6 Å². The maximum Gasteiger partial charge on any atom is 0.293 e. The average Bonchev–Trinajstić information content (AvgIpc) is 3.13. The fourth-order valence-corrected chi connectivity index (χ4v) is 2.10. The van der Waals surface area contributed by atoms with Crippen molar-refractivity contribution >= 4 is 5.91 Å². The first-order chi connectivity index (χ1) is 8.34. The molecule has 2 N–H and O–H groups in total. The number of nitrogens with one attached hydrogen (secondary N) is 2. The molecule has 6 heteroatoms. The van der Waals surface area contributed by atoms with Gasteiger partial charge in [-0.3, -0.25) is 9.89 Å². The smallest absolute Gasteiger partial charge is 0.293 e. The number of H-pyrrole nitrogens is 1. The van der Waals surface area contributed by atoms with Gasteiger partial charge in [0.1, 0.15) is 5.82 Å². The van der Waals surface area contributed by atoms with E-state index in [9.17, 15) is 4.79 Å². The molecule has 1 aromatic heterocycles. The highest BCUT2D eigenvalue weighted by Crippen LogP contribution is 2.37. The summed E-state index contributed by atoms with van der Waals surface area (Å²) < 4.78 is 0. The van der Waals surface area contributed by atoms with Gasteiger partial charge in [-0.25, -0.2) is 4.98 Å². The summed E-state index contributed by atoms with van der Waals surface area (Å²) in [5.74, 6) is 1.67. The average molecular weight is 235 g/mol. The molecule has 1 aromatic rings. The van der Waals surface area contributed by atoms with Crippen molar-refractivity contribution in [2.24, 2.45) is 0 Å². The van der Waals surface area contributed by atoms with Crippen molar-refractivity contribution in [2.75, 3.05) is 26.2 Å². The van der Waals surface area contributed by atoms with Gasteiger partial charge in [-0.15, -0.1) is 5.10 Å². The molecular formula is C11H17N5O. The summed E-state index contributed by atoms with van der Waals surface area (Å²) in [6.45, 7) is 3.36. The van der Waals surface area contributed by atoms with Crippen LogP contribution in [-0.2, 0) is 0 Å². The summed E-state index contributed by atoms with van der Waals surface area (Å²) in [7, 11) is 0. The van der Waals surface area contributed by atoms with Crippen molar-refractivity contribution in [3.63, 3.8) is 0 Å². The first kappa shape index (κ1) is 10.7. The summed E-state index contributed by atoms with van der Waals surface area (Å²) in [6.07, 6.45) is 3.32. The fraction of sp³-hybridized carbons (Fsp3) is 0.727. The number of carbonyl (C=O) groups is 1. The highest BCUT2D eigenvalue weighted by Gasteiger charge is 2.29. The summed E-state index contributed by atoms with van der Waals surface area (Å²) >= 11 is 0. The van der Waals surface area contributed by atoms with Gasteiger partial charge in [0, 0.05) is 25.6 Å². The van der Waals surface area contributed by atoms with E-state index in [2.05, 4.69) is 20.5 Å². The Morgan fingerprint density at radius 3 is 3.00 bits per heavy atom. The van der Waals surface area contributed by atoms with E-state index in [0.717, 1.165) is 51.3 Å². The third-order valence-corrected chi connectivity index (χ3v) is 3.29. The number of aromatic amines is 1. The maximum absolute atomic E-state index is 12.2. The number of carbonyl (C=O) groups excluding carboxylic acids is 1. The molecule has 2 aliphatic rings. The molecular weight excluding hydrogens is 218 g/mol. The van der Waals surface area contributed by atoms with E-state index in [4.69, 9.17) is 0 Å². The molecule has 2 heterocycles. The zero-order valence-corrected chi connectivity index (χ0v) is 9.78. The highest BCUT2D eigenvalue weighted by molar-refractivity contribution is 5.90. The van der Waals surface area contributed by atoms with E-state index in [1.54, 1.807) is 0 Å². The lowest BCUT2D eigenvalue weighted by Crippen LogP contribution is -2.34. The van der Waals surface area contributed by atoms with Crippen LogP contribution >= 0.6 is 0 Å². The van der Waals surface area contributed by atoms with Gasteiger partial charge in [0.05, 0.1) is 0 Å². The molecule has 0 spiro atoms. The van der Waals surface area contributed by atoms with Crippen LogP contribution in [0.4, 0.5) is 0 Å². The Morgan fingerprint density at radius 1 is 1.29 bits per heavy atom. The predicted molar refractivity (Wildman–Crippen MR) is 61.7 cm³/mol. The molecule has 0 aromatic carbocycles. The first-order valence-corrected chi connectivity index (χ1v) is 6.27. The van der Waals surface area contributed by atoms with E-state index in [-0.39, 0.29) is 5.91 Å². The number of aromatic nitrogens is 3. The van der Waals surface area contributed by atoms with Gasteiger partial charge in [0.25, 0.3) is 5.91 Å². The monoisotopic (exact) mass is 235 g/mol. The minimum Gasteiger partial charge on any atom is -0.335 e. The lowest BCUT2D eigenvalue weighted by molar-refractivity contribution is 0.0754. The topological polar surface area (TPSA) is 73.9 Å². The quantitative estimate of drug-likeness (QED) is 0.763. The number of nitrogens with zero attached hydrogens (tertiary/aromatic N) is 3. The summed E-state index contributed by atoms with van der Waals surface area (Å²) in [6, 6.07) is 0. The van der Waals surface area contributed by atoms with Crippen molar-refractivity contribution in [2.45, 2.75) is 25.2 Å². The van der Waals surface area contributed by atoms with Crippen molar-refractivity contribution in [3.05, 3.63) is 11.6 Å². The molecule has 1 aliphatic carbocycles. The van der Waals surface area contributed by atoms with Crippen LogP contribution in [0.15, 0.2) is 0 Å². The number of rotatable bonds is 2. The molecule has 0 bridgehead atoms. The molecule has 1 amide bonds. The zero-order chi connectivity index (χ0) is 11.7. The molecule has 6 nitrogen and oxygen atoms in total. The van der Waals surface area contributed by atoms with Crippen molar-refractivity contribution in [1.29, 1.82) is 0 Å². The third-order valence-electron chi connectivity index (χ3n) is 3.29. The number of hydrogen-bond donors (Lipinski definition) is 2. The largest absolute Gasteiger partial charge is 0.335 e. The second-order valence-corrected chi connectivity index (χ2v) is 4.71. The van der Waals surface area contributed by atoms with Crippen molar-refractivity contribution in [3.8, 4) is 0 Å². The Labute approximate surface area is 99.8 Å². The molecule has 0 radical (unpaired) electrons. The van der Waals surface area contributed by atoms with Gasteiger partial charge in [-0.2, -0.15) is 0 Å². The molecule has 92 valence electrons. The number of hydrogen-bond acceptors (Lipinski definition) is 4. The second-order valence-electron chi connectivity index (χ2n) is 4.71. The van der Waals surface area contributed by atoms with E-state index in [1.807, 2.05) is 4.90 Å². The summed E-state index contributed by atoms with van der Waals surface area (Å²) in [5, 5.41) is 10.2. The van der Waals surface area contributed by atoms with Gasteiger partial charge >= 0.3 is 0 Å². The Kier molecular flexibility index (Phi) is 2.80. The van der Waals surface area contributed by atoms with Crippen LogP contribution in [0.25, 0.3) is 0 Å². The van der Waals surface area contributed by atoms with Crippen LogP contribution in [0.3, 0.4) is 0 Å². The van der Waals surface area contributed by atoms with Crippen LogP contribution in [-0.4, -0.2) is 52.2 Å². The predicted octanol–water partition coefficient (Wildman–Crippen LogP) is 0.118. The molecule has 0 unspecified atom stereocenters. The first-order valence-electron chi connectivity index (χ1n) is 6.27. The Bertz CT molecular complexity index is 404. The van der Waals surface area contributed by atoms with Crippen LogP contribution in [0.2, 0.25) is 0 Å². The summed E-state index contributed by atoms with van der Waals surface area (Å²) in [4.78, 5) is 18.3. The molecule has 17 heavy (non-hydrogen) atoms. The molecule has 3 rings (SSSR count). The molecule has 1 saturated carbocycles. The lowest BCUT2D eigenvalue weighted by atomic mass is 10.3. The normalized spacial score (nSPS) is 21.3. The zero-order valence-electron chi connectivity index (χ0n) is 9.78. The molecule has 1 aliphatic heterocycles. The highest BCUT2D eigenvalue weighted by atomic mass is 16.2. The van der Waals surface area contributed by atoms with Gasteiger partial charge in [-0.1, -0.05) is 0 Å².